The molecule has 0 aliphatic carbocycles. The maximum atomic E-state index is 12.1. The molecule has 0 aliphatic rings. The van der Waals surface area contributed by atoms with E-state index in [0.717, 1.165) is 0 Å². The lowest BCUT2D eigenvalue weighted by Crippen LogP contribution is -2.46. The Morgan fingerprint density at radius 2 is 1.68 bits per heavy atom. The number of carbonyl (C=O) groups excluding carboxylic acids is 1. The van der Waals surface area contributed by atoms with E-state index in [0.29, 0.717) is 0 Å². The summed E-state index contributed by atoms with van der Waals surface area (Å²) >= 11 is 0. The fourth-order valence-electron chi connectivity index (χ4n) is 1.27. The highest BCUT2D eigenvalue weighted by molar-refractivity contribution is 5.79. The summed E-state index contributed by atoms with van der Waals surface area (Å²) in [4.78, 5) is 10.8. The van der Waals surface area contributed by atoms with Gasteiger partial charge in [0.2, 0.25) is 12.0 Å². The highest BCUT2D eigenvalue weighted by Crippen LogP contribution is 2.35. The van der Waals surface area contributed by atoms with Crippen LogP contribution in [0.1, 0.15) is 13.3 Å². The van der Waals surface area contributed by atoms with E-state index in [1.165, 1.54) is 0 Å². The van der Waals surface area contributed by atoms with Crippen molar-refractivity contribution < 1.29 is 35.9 Å². The second kappa shape index (κ2) is 6.94. The van der Waals surface area contributed by atoms with Crippen LogP contribution in [-0.2, 0) is 9.53 Å². The van der Waals surface area contributed by atoms with Crippen LogP contribution >= 0.6 is 0 Å². The van der Waals surface area contributed by atoms with E-state index < -0.39 is 37.0 Å². The van der Waals surface area contributed by atoms with Crippen LogP contribution in [0.5, 0.6) is 0 Å². The van der Waals surface area contributed by atoms with Crippen molar-refractivity contribution in [1.29, 1.82) is 0 Å². The molecule has 4 nitrogen and oxygen atoms in total. The van der Waals surface area contributed by atoms with Crippen LogP contribution in [0.4, 0.5) is 26.3 Å². The number of alkyl halides is 6. The molecule has 1 atom stereocenters. The van der Waals surface area contributed by atoms with Gasteiger partial charge in [-0.1, -0.05) is 6.92 Å². The molecular formula is C9H14F6N2O2. The third-order valence-electron chi connectivity index (χ3n) is 2.08. The van der Waals surface area contributed by atoms with E-state index in [1.54, 1.807) is 6.92 Å². The van der Waals surface area contributed by atoms with Crippen molar-refractivity contribution in [2.75, 3.05) is 13.2 Å². The summed E-state index contributed by atoms with van der Waals surface area (Å²) in [5, 5.41) is 2.52. The Morgan fingerprint density at radius 3 is 2.00 bits per heavy atom. The van der Waals surface area contributed by atoms with Crippen molar-refractivity contribution in [2.24, 2.45) is 5.73 Å². The van der Waals surface area contributed by atoms with E-state index >= 15 is 0 Å². The van der Waals surface area contributed by atoms with Gasteiger partial charge in [-0.15, -0.1) is 0 Å². The van der Waals surface area contributed by atoms with Crippen LogP contribution in [0.3, 0.4) is 0 Å². The van der Waals surface area contributed by atoms with Crippen LogP contribution < -0.4 is 11.1 Å². The van der Waals surface area contributed by atoms with E-state index in [9.17, 15) is 31.1 Å². The molecule has 1 unspecified atom stereocenters. The average molecular weight is 296 g/mol. The Morgan fingerprint density at radius 1 is 1.21 bits per heavy atom. The normalized spacial score (nSPS) is 14.7. The van der Waals surface area contributed by atoms with Gasteiger partial charge in [0.1, 0.15) is 0 Å². The molecule has 0 heterocycles. The van der Waals surface area contributed by atoms with Gasteiger partial charge in [-0.3, -0.25) is 4.79 Å². The number of hydrogen-bond acceptors (Lipinski definition) is 3. The van der Waals surface area contributed by atoms with E-state index in [4.69, 9.17) is 5.73 Å². The zero-order valence-corrected chi connectivity index (χ0v) is 9.94. The zero-order chi connectivity index (χ0) is 15.3. The molecule has 0 aliphatic heterocycles. The summed E-state index contributed by atoms with van der Waals surface area (Å²) in [6, 6.07) is -1.04. The van der Waals surface area contributed by atoms with Crippen LogP contribution in [0, 0.1) is 0 Å². The summed E-state index contributed by atoms with van der Waals surface area (Å²) in [5.41, 5.74) is 4.91. The Labute approximate surface area is 105 Å². The largest absolute Gasteiger partial charge is 0.423 e. The first kappa shape index (κ1) is 18.0. The summed E-state index contributed by atoms with van der Waals surface area (Å²) in [7, 11) is 0. The lowest BCUT2D eigenvalue weighted by molar-refractivity contribution is -0.321. The molecule has 0 spiro atoms. The number of nitrogens with one attached hydrogen (secondary N) is 1. The molecule has 1 amide bonds. The van der Waals surface area contributed by atoms with Crippen molar-refractivity contribution in [3.05, 3.63) is 0 Å². The molecule has 114 valence electrons. The Kier molecular flexibility index (Phi) is 6.57. The van der Waals surface area contributed by atoms with Crippen molar-refractivity contribution in [3.63, 3.8) is 0 Å². The van der Waals surface area contributed by atoms with Gasteiger partial charge in [-0.25, -0.2) is 0 Å². The van der Waals surface area contributed by atoms with Crippen LogP contribution in [0.15, 0.2) is 0 Å². The molecular weight excluding hydrogens is 282 g/mol. The summed E-state index contributed by atoms with van der Waals surface area (Å²) in [5.74, 6) is -0.874. The summed E-state index contributed by atoms with van der Waals surface area (Å²) in [6.07, 6.45) is -15.4. The molecule has 0 aromatic heterocycles. The minimum absolute atomic E-state index is 0.287. The topological polar surface area (TPSA) is 64.3 Å². The van der Waals surface area contributed by atoms with Gasteiger partial charge < -0.3 is 15.8 Å². The van der Waals surface area contributed by atoms with Crippen LogP contribution in [-0.4, -0.2) is 43.6 Å². The number of amides is 1. The Hall–Kier alpha value is -1.03. The third kappa shape index (κ3) is 6.62. The van der Waals surface area contributed by atoms with Gasteiger partial charge in [-0.2, -0.15) is 26.3 Å². The maximum absolute atomic E-state index is 12.1. The van der Waals surface area contributed by atoms with Crippen molar-refractivity contribution >= 4 is 5.91 Å². The Balaban J connectivity index is 4.46. The monoisotopic (exact) mass is 296 g/mol. The first-order chi connectivity index (χ1) is 8.50. The first-order valence-corrected chi connectivity index (χ1v) is 5.27. The minimum Gasteiger partial charge on any atom is -0.368 e. The smallest absolute Gasteiger partial charge is 0.368 e. The number of nitrogens with two attached hydrogens (primary N) is 1. The molecule has 19 heavy (non-hydrogen) atoms. The van der Waals surface area contributed by atoms with E-state index in [1.807, 2.05) is 0 Å². The molecule has 0 saturated carbocycles. The highest BCUT2D eigenvalue weighted by Gasteiger charge is 2.57. The fourth-order valence-corrected chi connectivity index (χ4v) is 1.27. The van der Waals surface area contributed by atoms with Gasteiger partial charge in [0.15, 0.2) is 0 Å². The number of hydrogen-bond donors (Lipinski definition) is 2. The standard InChI is InChI=1S/C9H14F6N2O2/c1-2-17-5(6(16)18)3-4-19-7(8(10,11)12)9(13,14)15/h5,7,17H,2-4H2,1H3,(H2,16,18). The molecule has 0 rings (SSSR count). The predicted octanol–water partition coefficient (Wildman–Crippen LogP) is 1.35. The van der Waals surface area contributed by atoms with E-state index in [-0.39, 0.29) is 13.0 Å². The molecule has 0 saturated heterocycles. The van der Waals surface area contributed by atoms with Crippen LogP contribution in [0.2, 0.25) is 0 Å². The fraction of sp³-hybridized carbons (Fsp3) is 0.889. The Bertz CT molecular complexity index is 277. The molecule has 0 aromatic carbocycles. The molecule has 10 heteroatoms. The van der Waals surface area contributed by atoms with Crippen LogP contribution in [0.25, 0.3) is 0 Å². The molecule has 0 aromatic rings. The highest BCUT2D eigenvalue weighted by atomic mass is 19.4. The second-order valence-corrected chi connectivity index (χ2v) is 3.64. The van der Waals surface area contributed by atoms with Crippen molar-refractivity contribution in [3.8, 4) is 0 Å². The van der Waals surface area contributed by atoms with Gasteiger partial charge in [0.25, 0.3) is 0 Å². The first-order valence-electron chi connectivity index (χ1n) is 5.27. The van der Waals surface area contributed by atoms with Gasteiger partial charge in [-0.05, 0) is 13.0 Å². The molecule has 0 bridgehead atoms. The SMILES string of the molecule is CCNC(CCOC(C(F)(F)F)C(F)(F)F)C(N)=O. The second-order valence-electron chi connectivity index (χ2n) is 3.64. The number of primary amides is 1. The third-order valence-corrected chi connectivity index (χ3v) is 2.08. The van der Waals surface area contributed by atoms with Crippen molar-refractivity contribution in [2.45, 2.75) is 37.8 Å². The molecule has 0 fully saturated rings. The average Bonchev–Trinajstić information content (AvgIpc) is 2.18. The number of carbonyl (C=O) groups is 1. The van der Waals surface area contributed by atoms with Gasteiger partial charge in [0, 0.05) is 6.61 Å². The van der Waals surface area contributed by atoms with Gasteiger partial charge >= 0.3 is 12.4 Å². The number of ether oxygens (including phenoxy) is 1. The lowest BCUT2D eigenvalue weighted by Gasteiger charge is -2.24. The van der Waals surface area contributed by atoms with E-state index in [2.05, 4.69) is 10.1 Å². The van der Waals surface area contributed by atoms with Gasteiger partial charge in [0.05, 0.1) is 6.04 Å². The number of halogens is 6. The maximum Gasteiger partial charge on any atom is 0.423 e. The zero-order valence-electron chi connectivity index (χ0n) is 9.94. The van der Waals surface area contributed by atoms with Crippen molar-refractivity contribution in [1.82, 2.24) is 5.32 Å². The molecule has 0 radical (unpaired) electrons. The lowest BCUT2D eigenvalue weighted by atomic mass is 10.2. The predicted molar refractivity (Wildman–Crippen MR) is 53.1 cm³/mol. The number of likely N-dealkylation sites (N-methyl/N-ethyl adjacent to an activating group) is 1. The minimum atomic E-state index is -5.56. The summed E-state index contributed by atoms with van der Waals surface area (Å²) in [6.45, 7) is 0.991. The summed E-state index contributed by atoms with van der Waals surface area (Å²) < 4.78 is 76.4. The molecule has 3 N–H and O–H groups in total. The number of rotatable bonds is 7. The quantitative estimate of drug-likeness (QED) is 0.697.